The molecule has 0 bridgehead atoms. The Morgan fingerprint density at radius 3 is 2.74 bits per heavy atom. The summed E-state index contributed by atoms with van der Waals surface area (Å²) in [5.41, 5.74) is 3.27. The fourth-order valence-electron chi connectivity index (χ4n) is 3.82. The van der Waals surface area contributed by atoms with Gasteiger partial charge in [-0.05, 0) is 46.7 Å². The summed E-state index contributed by atoms with van der Waals surface area (Å²) in [7, 11) is 0. The van der Waals surface area contributed by atoms with Crippen LogP contribution < -0.4 is 10.1 Å². The van der Waals surface area contributed by atoms with E-state index < -0.39 is 0 Å². The molecular formula is C25H24N2O3S. The maximum absolute atomic E-state index is 13.3. The van der Waals surface area contributed by atoms with Gasteiger partial charge in [0.05, 0.1) is 10.9 Å². The molecule has 3 aromatic rings. The zero-order chi connectivity index (χ0) is 21.6. The van der Waals surface area contributed by atoms with E-state index in [4.69, 9.17) is 4.74 Å². The van der Waals surface area contributed by atoms with E-state index in [0.717, 1.165) is 22.4 Å². The molecule has 31 heavy (non-hydrogen) atoms. The Labute approximate surface area is 186 Å². The van der Waals surface area contributed by atoms with Gasteiger partial charge >= 0.3 is 0 Å². The van der Waals surface area contributed by atoms with Gasteiger partial charge in [0.15, 0.2) is 6.61 Å². The summed E-state index contributed by atoms with van der Waals surface area (Å²) in [6.45, 7) is 4.57. The van der Waals surface area contributed by atoms with Gasteiger partial charge in [-0.1, -0.05) is 48.5 Å². The Bertz CT molecular complexity index is 1060. The minimum absolute atomic E-state index is 0.0321. The third-order valence-corrected chi connectivity index (χ3v) is 6.13. The van der Waals surface area contributed by atoms with Crippen LogP contribution in [0.1, 0.15) is 32.4 Å². The van der Waals surface area contributed by atoms with Crippen LogP contribution in [0.4, 0.5) is 0 Å². The molecule has 0 radical (unpaired) electrons. The number of carbonyl (C=O) groups excluding carboxylic acids is 2. The van der Waals surface area contributed by atoms with E-state index in [1.54, 1.807) is 6.08 Å². The molecule has 2 amide bonds. The summed E-state index contributed by atoms with van der Waals surface area (Å²) in [6, 6.07) is 19.5. The lowest BCUT2D eigenvalue weighted by molar-refractivity contribution is -0.122. The molecule has 1 atom stereocenters. The zero-order valence-corrected chi connectivity index (χ0v) is 17.9. The van der Waals surface area contributed by atoms with Crippen molar-refractivity contribution >= 4 is 23.2 Å². The minimum Gasteiger partial charge on any atom is -0.484 e. The number of rotatable bonds is 7. The Balaban J connectivity index is 1.65. The van der Waals surface area contributed by atoms with Crippen LogP contribution in [-0.2, 0) is 11.2 Å². The van der Waals surface area contributed by atoms with Gasteiger partial charge in [-0.25, -0.2) is 0 Å². The van der Waals surface area contributed by atoms with E-state index >= 15 is 0 Å². The number of hydrogen-bond donors (Lipinski definition) is 1. The SMILES string of the molecule is C=CCNC(=O)COc1ccc2c(c1)C(c1ccccc1)N(C(=O)c1cccs1)CC2. The Kier molecular flexibility index (Phi) is 6.48. The van der Waals surface area contributed by atoms with Crippen molar-refractivity contribution < 1.29 is 14.3 Å². The number of amides is 2. The molecule has 1 aliphatic rings. The molecule has 158 valence electrons. The first-order chi connectivity index (χ1) is 15.2. The lowest BCUT2D eigenvalue weighted by Gasteiger charge is -2.37. The van der Waals surface area contributed by atoms with Crippen LogP contribution >= 0.6 is 11.3 Å². The normalized spacial score (nSPS) is 15.1. The van der Waals surface area contributed by atoms with Crippen molar-refractivity contribution in [2.45, 2.75) is 12.5 Å². The summed E-state index contributed by atoms with van der Waals surface area (Å²) in [4.78, 5) is 27.9. The van der Waals surface area contributed by atoms with E-state index in [0.29, 0.717) is 18.8 Å². The molecule has 1 N–H and O–H groups in total. The highest BCUT2D eigenvalue weighted by Gasteiger charge is 2.33. The second-order valence-electron chi connectivity index (χ2n) is 7.28. The average molecular weight is 433 g/mol. The van der Waals surface area contributed by atoms with E-state index in [-0.39, 0.29) is 24.5 Å². The summed E-state index contributed by atoms with van der Waals surface area (Å²) in [5, 5.41) is 4.63. The van der Waals surface area contributed by atoms with Crippen molar-refractivity contribution in [3.05, 3.63) is 100 Å². The molecule has 1 aliphatic heterocycles. The quantitative estimate of drug-likeness (QED) is 0.569. The first-order valence-electron chi connectivity index (χ1n) is 10.2. The topological polar surface area (TPSA) is 58.6 Å². The number of nitrogens with zero attached hydrogens (tertiary/aromatic N) is 1. The molecule has 1 unspecified atom stereocenters. The van der Waals surface area contributed by atoms with Crippen molar-refractivity contribution in [2.24, 2.45) is 0 Å². The maximum atomic E-state index is 13.3. The van der Waals surface area contributed by atoms with Crippen LogP contribution in [0.2, 0.25) is 0 Å². The number of nitrogens with one attached hydrogen (secondary N) is 1. The largest absolute Gasteiger partial charge is 0.484 e. The molecule has 2 heterocycles. The zero-order valence-electron chi connectivity index (χ0n) is 17.1. The predicted molar refractivity (Wildman–Crippen MR) is 122 cm³/mol. The van der Waals surface area contributed by atoms with Crippen LogP contribution in [0.15, 0.2) is 78.7 Å². The number of thiophene rings is 1. The van der Waals surface area contributed by atoms with Gasteiger partial charge in [0.2, 0.25) is 0 Å². The van der Waals surface area contributed by atoms with Crippen molar-refractivity contribution in [2.75, 3.05) is 19.7 Å². The second-order valence-corrected chi connectivity index (χ2v) is 8.23. The van der Waals surface area contributed by atoms with Crippen LogP contribution in [0.5, 0.6) is 5.75 Å². The fraction of sp³-hybridized carbons (Fsp3) is 0.200. The van der Waals surface area contributed by atoms with Gasteiger partial charge in [0.1, 0.15) is 5.75 Å². The van der Waals surface area contributed by atoms with E-state index in [9.17, 15) is 9.59 Å². The summed E-state index contributed by atoms with van der Waals surface area (Å²) < 4.78 is 5.74. The highest BCUT2D eigenvalue weighted by molar-refractivity contribution is 7.12. The van der Waals surface area contributed by atoms with E-state index in [1.807, 2.05) is 70.9 Å². The third kappa shape index (κ3) is 4.70. The lowest BCUT2D eigenvalue weighted by atomic mass is 9.88. The Morgan fingerprint density at radius 2 is 2.00 bits per heavy atom. The molecular weight excluding hydrogens is 408 g/mol. The number of fused-ring (bicyclic) bond motifs is 1. The smallest absolute Gasteiger partial charge is 0.264 e. The number of hydrogen-bond acceptors (Lipinski definition) is 4. The molecule has 0 aliphatic carbocycles. The summed E-state index contributed by atoms with van der Waals surface area (Å²) in [5.74, 6) is 0.440. The highest BCUT2D eigenvalue weighted by atomic mass is 32.1. The van der Waals surface area contributed by atoms with Gasteiger partial charge < -0.3 is 15.0 Å². The van der Waals surface area contributed by atoms with Crippen molar-refractivity contribution in [3.63, 3.8) is 0 Å². The number of carbonyl (C=O) groups is 2. The van der Waals surface area contributed by atoms with Crippen molar-refractivity contribution in [1.82, 2.24) is 10.2 Å². The van der Waals surface area contributed by atoms with Gasteiger partial charge in [-0.15, -0.1) is 17.9 Å². The minimum atomic E-state index is -0.210. The Morgan fingerprint density at radius 1 is 1.16 bits per heavy atom. The first kappa shape index (κ1) is 20.9. The van der Waals surface area contributed by atoms with E-state index in [2.05, 4.69) is 11.9 Å². The third-order valence-electron chi connectivity index (χ3n) is 5.27. The maximum Gasteiger partial charge on any atom is 0.264 e. The molecule has 0 spiro atoms. The summed E-state index contributed by atoms with van der Waals surface area (Å²) >= 11 is 1.46. The molecule has 0 saturated heterocycles. The monoisotopic (exact) mass is 432 g/mol. The first-order valence-corrected chi connectivity index (χ1v) is 11.1. The van der Waals surface area contributed by atoms with Gasteiger partial charge in [-0.2, -0.15) is 0 Å². The van der Waals surface area contributed by atoms with Gasteiger partial charge in [0, 0.05) is 13.1 Å². The van der Waals surface area contributed by atoms with Crippen LogP contribution in [0.3, 0.4) is 0 Å². The van der Waals surface area contributed by atoms with Crippen molar-refractivity contribution in [1.29, 1.82) is 0 Å². The van der Waals surface area contributed by atoms with Crippen LogP contribution in [-0.4, -0.2) is 36.4 Å². The van der Waals surface area contributed by atoms with Crippen LogP contribution in [0.25, 0.3) is 0 Å². The standard InChI is InChI=1S/C25H24N2O3S/c1-2-13-26-23(28)17-30-20-11-10-18-12-14-27(25(29)22-9-6-15-31-22)24(21(18)16-20)19-7-4-3-5-8-19/h2-11,15-16,24H,1,12-14,17H2,(H,26,28). The molecule has 5 nitrogen and oxygen atoms in total. The summed E-state index contributed by atoms with van der Waals surface area (Å²) in [6.07, 6.45) is 2.40. The number of benzene rings is 2. The molecule has 6 heteroatoms. The average Bonchev–Trinajstić information content (AvgIpc) is 3.35. The highest BCUT2D eigenvalue weighted by Crippen LogP contribution is 2.38. The molecule has 2 aromatic carbocycles. The molecule has 4 rings (SSSR count). The van der Waals surface area contributed by atoms with Crippen molar-refractivity contribution in [3.8, 4) is 5.75 Å². The molecule has 0 fully saturated rings. The Hall–Kier alpha value is -3.38. The predicted octanol–water partition coefficient (Wildman–Crippen LogP) is 4.22. The van der Waals surface area contributed by atoms with Gasteiger partial charge in [0.25, 0.3) is 11.8 Å². The van der Waals surface area contributed by atoms with E-state index in [1.165, 1.54) is 16.9 Å². The fourth-order valence-corrected chi connectivity index (χ4v) is 4.50. The van der Waals surface area contributed by atoms with Gasteiger partial charge in [-0.3, -0.25) is 9.59 Å². The molecule has 0 saturated carbocycles. The van der Waals surface area contributed by atoms with Crippen LogP contribution in [0, 0.1) is 0 Å². The second kappa shape index (κ2) is 9.62. The number of ether oxygens (including phenoxy) is 1. The molecule has 1 aromatic heterocycles. The lowest BCUT2D eigenvalue weighted by Crippen LogP contribution is -2.40.